The summed E-state index contributed by atoms with van der Waals surface area (Å²) in [7, 11) is 0. The monoisotopic (exact) mass is 199 g/mol. The highest BCUT2D eigenvalue weighted by molar-refractivity contribution is 5.96. The van der Waals surface area contributed by atoms with E-state index in [4.69, 9.17) is 10.8 Å². The number of H-pyrrole nitrogens is 1. The number of hydrogen-bond donors (Lipinski definition) is 3. The maximum absolute atomic E-state index is 11.1. The molecule has 0 saturated carbocycles. The zero-order valence-electron chi connectivity index (χ0n) is 7.14. The molecule has 0 aliphatic heterocycles. The summed E-state index contributed by atoms with van der Waals surface area (Å²) in [6.07, 6.45) is 2.55. The predicted molar refractivity (Wildman–Crippen MR) is 44.1 cm³/mol. The first kappa shape index (κ1) is 10.4. The second kappa shape index (κ2) is 4.49. The van der Waals surface area contributed by atoms with Gasteiger partial charge in [-0.1, -0.05) is 0 Å². The maximum Gasteiger partial charge on any atom is 0.366 e. The SMILES string of the molecule is N[C@@H](CO)C(=O)OC(=O)c1c[nH]cn1. The summed E-state index contributed by atoms with van der Waals surface area (Å²) in [4.78, 5) is 28.1. The number of carbonyl (C=O) groups is 2. The van der Waals surface area contributed by atoms with Crippen molar-refractivity contribution < 1.29 is 19.4 Å². The summed E-state index contributed by atoms with van der Waals surface area (Å²) in [5.41, 5.74) is 5.09. The van der Waals surface area contributed by atoms with Crippen molar-refractivity contribution in [1.29, 1.82) is 0 Å². The van der Waals surface area contributed by atoms with E-state index < -0.39 is 24.6 Å². The molecule has 0 aliphatic rings. The molecule has 14 heavy (non-hydrogen) atoms. The third-order valence-electron chi connectivity index (χ3n) is 1.40. The van der Waals surface area contributed by atoms with E-state index in [2.05, 4.69) is 14.7 Å². The van der Waals surface area contributed by atoms with Crippen LogP contribution in [-0.4, -0.2) is 39.7 Å². The average molecular weight is 199 g/mol. The zero-order chi connectivity index (χ0) is 10.6. The molecule has 0 fully saturated rings. The van der Waals surface area contributed by atoms with Gasteiger partial charge in [0.15, 0.2) is 5.69 Å². The smallest absolute Gasteiger partial charge is 0.366 e. The summed E-state index contributed by atoms with van der Waals surface area (Å²) in [6, 6.07) is -1.21. The van der Waals surface area contributed by atoms with Gasteiger partial charge >= 0.3 is 11.9 Å². The highest BCUT2D eigenvalue weighted by Crippen LogP contribution is 1.96. The first-order valence-corrected chi connectivity index (χ1v) is 3.76. The van der Waals surface area contributed by atoms with Gasteiger partial charge in [0.1, 0.15) is 6.04 Å². The van der Waals surface area contributed by atoms with Crippen molar-refractivity contribution in [3.63, 3.8) is 0 Å². The Hall–Kier alpha value is -1.73. The quantitative estimate of drug-likeness (QED) is 0.399. The van der Waals surface area contributed by atoms with Gasteiger partial charge in [0.25, 0.3) is 0 Å². The van der Waals surface area contributed by atoms with E-state index in [0.717, 1.165) is 0 Å². The van der Waals surface area contributed by atoms with Crippen molar-refractivity contribution >= 4 is 11.9 Å². The van der Waals surface area contributed by atoms with E-state index in [1.165, 1.54) is 12.5 Å². The average Bonchev–Trinajstić information content (AvgIpc) is 2.69. The molecule has 1 heterocycles. The molecule has 0 unspecified atom stereocenters. The molecule has 1 aromatic heterocycles. The second-order valence-corrected chi connectivity index (χ2v) is 2.45. The van der Waals surface area contributed by atoms with Crippen LogP contribution in [0.4, 0.5) is 0 Å². The van der Waals surface area contributed by atoms with Crippen molar-refractivity contribution in [2.45, 2.75) is 6.04 Å². The third kappa shape index (κ3) is 2.38. The molecule has 0 aromatic carbocycles. The highest BCUT2D eigenvalue weighted by atomic mass is 16.6. The Labute approximate surface area is 78.9 Å². The van der Waals surface area contributed by atoms with Gasteiger partial charge in [-0.05, 0) is 0 Å². The minimum Gasteiger partial charge on any atom is -0.394 e. The lowest BCUT2D eigenvalue weighted by Gasteiger charge is -2.05. The van der Waals surface area contributed by atoms with Gasteiger partial charge in [-0.3, -0.25) is 0 Å². The van der Waals surface area contributed by atoms with Crippen LogP contribution in [0.25, 0.3) is 0 Å². The van der Waals surface area contributed by atoms with E-state index in [1.54, 1.807) is 0 Å². The molecule has 76 valence electrons. The lowest BCUT2D eigenvalue weighted by Crippen LogP contribution is -2.36. The zero-order valence-corrected chi connectivity index (χ0v) is 7.14. The van der Waals surface area contributed by atoms with Crippen molar-refractivity contribution in [2.75, 3.05) is 6.61 Å². The molecule has 1 aromatic rings. The molecule has 1 atom stereocenters. The van der Waals surface area contributed by atoms with Crippen LogP contribution in [-0.2, 0) is 9.53 Å². The van der Waals surface area contributed by atoms with Crippen LogP contribution in [0.15, 0.2) is 12.5 Å². The number of aromatic nitrogens is 2. The minimum absolute atomic E-state index is 0.0245. The van der Waals surface area contributed by atoms with Crippen LogP contribution in [0.5, 0.6) is 0 Å². The number of aliphatic hydroxyl groups excluding tert-OH is 1. The number of nitrogens with one attached hydrogen (secondary N) is 1. The fourth-order valence-electron chi connectivity index (χ4n) is 0.666. The Bertz CT molecular complexity index is 322. The van der Waals surface area contributed by atoms with E-state index in [0.29, 0.717) is 0 Å². The molecule has 7 heteroatoms. The summed E-state index contributed by atoms with van der Waals surface area (Å²) in [6.45, 7) is -0.577. The summed E-state index contributed by atoms with van der Waals surface area (Å²) >= 11 is 0. The van der Waals surface area contributed by atoms with Crippen molar-refractivity contribution in [1.82, 2.24) is 9.97 Å². The Morgan fingerprint density at radius 1 is 1.71 bits per heavy atom. The van der Waals surface area contributed by atoms with Crippen molar-refractivity contribution in [2.24, 2.45) is 5.73 Å². The van der Waals surface area contributed by atoms with Gasteiger partial charge in [0.2, 0.25) is 0 Å². The van der Waals surface area contributed by atoms with Gasteiger partial charge in [0.05, 0.1) is 12.9 Å². The first-order valence-electron chi connectivity index (χ1n) is 3.76. The second-order valence-electron chi connectivity index (χ2n) is 2.45. The molecule has 0 spiro atoms. The number of hydrogen-bond acceptors (Lipinski definition) is 6. The number of aliphatic hydroxyl groups is 1. The Balaban J connectivity index is 2.54. The highest BCUT2D eigenvalue weighted by Gasteiger charge is 2.19. The molecule has 4 N–H and O–H groups in total. The van der Waals surface area contributed by atoms with Crippen LogP contribution in [0, 0.1) is 0 Å². The van der Waals surface area contributed by atoms with Gasteiger partial charge in [-0.15, -0.1) is 0 Å². The molecular weight excluding hydrogens is 190 g/mol. The standard InChI is InChI=1S/C7H9N3O4/c8-4(2-11)6(12)14-7(13)5-1-9-3-10-5/h1,3-4,11H,2,8H2,(H,9,10)/t4-/m0/s1. The van der Waals surface area contributed by atoms with Gasteiger partial charge in [-0.25, -0.2) is 14.6 Å². The lowest BCUT2D eigenvalue weighted by atomic mass is 10.3. The van der Waals surface area contributed by atoms with Crippen LogP contribution in [0.1, 0.15) is 10.5 Å². The number of rotatable bonds is 3. The first-order chi connectivity index (χ1) is 6.65. The Kier molecular flexibility index (Phi) is 3.32. The fraction of sp³-hybridized carbons (Fsp3) is 0.286. The normalized spacial score (nSPS) is 12.1. The predicted octanol–water partition coefficient (Wildman–Crippen LogP) is -1.59. The van der Waals surface area contributed by atoms with E-state index in [9.17, 15) is 9.59 Å². The van der Waals surface area contributed by atoms with Gasteiger partial charge in [-0.2, -0.15) is 0 Å². The molecule has 0 radical (unpaired) electrons. The molecule has 1 rings (SSSR count). The number of imidazole rings is 1. The lowest BCUT2D eigenvalue weighted by molar-refractivity contribution is -0.140. The van der Waals surface area contributed by atoms with Gasteiger partial charge in [0, 0.05) is 6.20 Å². The van der Waals surface area contributed by atoms with Crippen LogP contribution >= 0.6 is 0 Å². The van der Waals surface area contributed by atoms with Crippen molar-refractivity contribution in [3.8, 4) is 0 Å². The number of aromatic amines is 1. The van der Waals surface area contributed by atoms with Crippen LogP contribution in [0.3, 0.4) is 0 Å². The summed E-state index contributed by atoms with van der Waals surface area (Å²) in [5, 5.41) is 8.49. The summed E-state index contributed by atoms with van der Waals surface area (Å²) < 4.78 is 4.30. The third-order valence-corrected chi connectivity index (χ3v) is 1.40. The molecular formula is C7H9N3O4. The molecule has 0 aliphatic carbocycles. The van der Waals surface area contributed by atoms with Crippen LogP contribution in [0.2, 0.25) is 0 Å². The summed E-state index contributed by atoms with van der Waals surface area (Å²) in [5.74, 6) is -1.89. The molecule has 0 bridgehead atoms. The van der Waals surface area contributed by atoms with Gasteiger partial charge < -0.3 is 20.6 Å². The van der Waals surface area contributed by atoms with Crippen LogP contribution < -0.4 is 5.73 Å². The molecule has 7 nitrogen and oxygen atoms in total. The fourth-order valence-corrected chi connectivity index (χ4v) is 0.666. The molecule has 0 amide bonds. The van der Waals surface area contributed by atoms with Crippen molar-refractivity contribution in [3.05, 3.63) is 18.2 Å². The van der Waals surface area contributed by atoms with E-state index in [1.807, 2.05) is 0 Å². The van der Waals surface area contributed by atoms with E-state index >= 15 is 0 Å². The number of carbonyl (C=O) groups excluding carboxylic acids is 2. The molecule has 0 saturated heterocycles. The number of nitrogens with two attached hydrogens (primary N) is 1. The number of nitrogens with zero attached hydrogens (tertiary/aromatic N) is 1. The Morgan fingerprint density at radius 3 is 2.93 bits per heavy atom. The minimum atomic E-state index is -1.21. The Morgan fingerprint density at radius 2 is 2.43 bits per heavy atom. The topological polar surface area (TPSA) is 118 Å². The maximum atomic E-state index is 11.1. The van der Waals surface area contributed by atoms with E-state index in [-0.39, 0.29) is 5.69 Å². The largest absolute Gasteiger partial charge is 0.394 e. The number of esters is 2. The number of ether oxygens (including phenoxy) is 1.